The van der Waals surface area contributed by atoms with Crippen LogP contribution in [0, 0.1) is 0 Å². The van der Waals surface area contributed by atoms with Crippen LogP contribution < -0.4 is 0 Å². The van der Waals surface area contributed by atoms with Crippen LogP contribution in [0.25, 0.3) is 0 Å². The van der Waals surface area contributed by atoms with Crippen LogP contribution in [0.2, 0.25) is 0 Å². The van der Waals surface area contributed by atoms with Gasteiger partial charge in [-0.05, 0) is 13.8 Å². The molecule has 16 heavy (non-hydrogen) atoms. The maximum Gasteiger partial charge on any atom is 0.418 e. The van der Waals surface area contributed by atoms with Gasteiger partial charge >= 0.3 is 11.9 Å². The summed E-state index contributed by atoms with van der Waals surface area (Å²) in [4.78, 5) is 30.0. The van der Waals surface area contributed by atoms with Gasteiger partial charge in [0.1, 0.15) is 5.69 Å². The summed E-state index contributed by atoms with van der Waals surface area (Å²) >= 11 is 0. The van der Waals surface area contributed by atoms with Gasteiger partial charge in [0.2, 0.25) is 0 Å². The molecule has 0 bridgehead atoms. The van der Waals surface area contributed by atoms with Gasteiger partial charge in [0.05, 0.1) is 13.3 Å². The van der Waals surface area contributed by atoms with E-state index in [1.165, 1.54) is 18.6 Å². The average molecular weight is 224 g/mol. The van der Waals surface area contributed by atoms with Crippen molar-refractivity contribution >= 4 is 11.9 Å². The SMILES string of the molecule is COC(=O)C(=O)OC(C)(C)c1cnccn1. The molecular weight excluding hydrogens is 212 g/mol. The molecule has 0 aromatic carbocycles. The maximum atomic E-state index is 11.2. The molecule has 0 aliphatic heterocycles. The van der Waals surface area contributed by atoms with Crippen LogP contribution in [-0.4, -0.2) is 29.0 Å². The number of esters is 2. The Morgan fingerprint density at radius 1 is 1.25 bits per heavy atom. The third kappa shape index (κ3) is 2.75. The molecule has 0 saturated carbocycles. The molecule has 0 radical (unpaired) electrons. The number of methoxy groups -OCH3 is 1. The van der Waals surface area contributed by atoms with E-state index < -0.39 is 17.5 Å². The first-order valence-electron chi connectivity index (χ1n) is 4.55. The normalized spacial score (nSPS) is 10.7. The minimum atomic E-state index is -1.06. The van der Waals surface area contributed by atoms with E-state index in [1.807, 2.05) is 0 Å². The molecule has 0 atom stereocenters. The molecule has 0 unspecified atom stereocenters. The zero-order chi connectivity index (χ0) is 12.2. The summed E-state index contributed by atoms with van der Waals surface area (Å²) in [6.07, 6.45) is 4.44. The molecule has 0 aliphatic carbocycles. The quantitative estimate of drug-likeness (QED) is 0.535. The van der Waals surface area contributed by atoms with E-state index in [-0.39, 0.29) is 0 Å². The Morgan fingerprint density at radius 3 is 2.44 bits per heavy atom. The lowest BCUT2D eigenvalue weighted by Crippen LogP contribution is -2.31. The van der Waals surface area contributed by atoms with Crippen LogP contribution in [-0.2, 0) is 24.7 Å². The summed E-state index contributed by atoms with van der Waals surface area (Å²) < 4.78 is 9.20. The summed E-state index contributed by atoms with van der Waals surface area (Å²) in [6, 6.07) is 0. The van der Waals surface area contributed by atoms with Crippen molar-refractivity contribution in [1.29, 1.82) is 0 Å². The molecule has 0 N–H and O–H groups in total. The highest BCUT2D eigenvalue weighted by Crippen LogP contribution is 2.21. The van der Waals surface area contributed by atoms with Gasteiger partial charge in [0.25, 0.3) is 0 Å². The molecule has 1 rings (SSSR count). The second kappa shape index (κ2) is 4.69. The van der Waals surface area contributed by atoms with Crippen LogP contribution in [0.4, 0.5) is 0 Å². The molecule has 0 spiro atoms. The van der Waals surface area contributed by atoms with E-state index in [1.54, 1.807) is 13.8 Å². The number of ether oxygens (including phenoxy) is 2. The van der Waals surface area contributed by atoms with Crippen LogP contribution in [0.15, 0.2) is 18.6 Å². The lowest BCUT2D eigenvalue weighted by molar-refractivity contribution is -0.175. The third-order valence-electron chi connectivity index (χ3n) is 1.88. The topological polar surface area (TPSA) is 78.4 Å². The highest BCUT2D eigenvalue weighted by Gasteiger charge is 2.30. The first-order chi connectivity index (χ1) is 7.47. The number of carbonyl (C=O) groups excluding carboxylic acids is 2. The van der Waals surface area contributed by atoms with Crippen molar-refractivity contribution in [2.45, 2.75) is 19.4 Å². The fraction of sp³-hybridized carbons (Fsp3) is 0.400. The molecule has 6 heteroatoms. The summed E-state index contributed by atoms with van der Waals surface area (Å²) in [6.45, 7) is 3.22. The minimum absolute atomic E-state index is 0.451. The molecule has 0 amide bonds. The Hall–Kier alpha value is -1.98. The number of rotatable bonds is 2. The molecular formula is C10H12N2O4. The molecule has 0 saturated heterocycles. The van der Waals surface area contributed by atoms with Crippen LogP contribution in [0.3, 0.4) is 0 Å². The lowest BCUT2D eigenvalue weighted by atomic mass is 10.1. The average Bonchev–Trinajstić information content (AvgIpc) is 2.28. The third-order valence-corrected chi connectivity index (χ3v) is 1.88. The van der Waals surface area contributed by atoms with Crippen molar-refractivity contribution in [3.8, 4) is 0 Å². The number of carbonyl (C=O) groups is 2. The molecule has 1 aromatic heterocycles. The fourth-order valence-electron chi connectivity index (χ4n) is 1.02. The predicted octanol–water partition coefficient (Wildman–Crippen LogP) is 0.428. The second-order valence-corrected chi connectivity index (χ2v) is 3.48. The first kappa shape index (κ1) is 12.1. The van der Waals surface area contributed by atoms with Crippen LogP contribution >= 0.6 is 0 Å². The summed E-state index contributed by atoms with van der Waals surface area (Å²) in [5.41, 5.74) is -0.577. The van der Waals surface area contributed by atoms with Crippen molar-refractivity contribution in [2.75, 3.05) is 7.11 Å². The van der Waals surface area contributed by atoms with Crippen molar-refractivity contribution in [3.05, 3.63) is 24.3 Å². The number of nitrogens with zero attached hydrogens (tertiary/aromatic N) is 2. The summed E-state index contributed by atoms with van der Waals surface area (Å²) in [7, 11) is 1.11. The van der Waals surface area contributed by atoms with Gasteiger partial charge in [-0.2, -0.15) is 0 Å². The van der Waals surface area contributed by atoms with E-state index >= 15 is 0 Å². The number of hydrogen-bond acceptors (Lipinski definition) is 6. The van der Waals surface area contributed by atoms with E-state index in [2.05, 4.69) is 14.7 Å². The molecule has 0 fully saturated rings. The maximum absolute atomic E-state index is 11.2. The lowest BCUT2D eigenvalue weighted by Gasteiger charge is -2.22. The molecule has 1 heterocycles. The minimum Gasteiger partial charge on any atom is -0.461 e. The Morgan fingerprint density at radius 2 is 1.94 bits per heavy atom. The van der Waals surface area contributed by atoms with Gasteiger partial charge in [-0.3, -0.25) is 9.97 Å². The predicted molar refractivity (Wildman–Crippen MR) is 53.2 cm³/mol. The van der Waals surface area contributed by atoms with Crippen molar-refractivity contribution in [3.63, 3.8) is 0 Å². The molecule has 0 aliphatic rings. The van der Waals surface area contributed by atoms with E-state index in [0.717, 1.165) is 7.11 Å². The van der Waals surface area contributed by atoms with Gasteiger partial charge in [0.15, 0.2) is 5.60 Å². The largest absolute Gasteiger partial charge is 0.461 e. The van der Waals surface area contributed by atoms with E-state index in [9.17, 15) is 9.59 Å². The van der Waals surface area contributed by atoms with Gasteiger partial charge in [0, 0.05) is 12.4 Å². The molecule has 6 nitrogen and oxygen atoms in total. The van der Waals surface area contributed by atoms with Gasteiger partial charge in [-0.25, -0.2) is 9.59 Å². The monoisotopic (exact) mass is 224 g/mol. The first-order valence-corrected chi connectivity index (χ1v) is 4.55. The Balaban J connectivity index is 2.80. The Bertz CT molecular complexity index is 389. The Kier molecular flexibility index (Phi) is 3.55. The standard InChI is InChI=1S/C10H12N2O4/c1-10(2,7-6-11-4-5-12-7)16-9(14)8(13)15-3/h4-6H,1-3H3. The molecule has 1 aromatic rings. The van der Waals surface area contributed by atoms with Crippen molar-refractivity contribution in [1.82, 2.24) is 9.97 Å². The summed E-state index contributed by atoms with van der Waals surface area (Å²) in [5.74, 6) is -2.10. The molecule has 86 valence electrons. The van der Waals surface area contributed by atoms with Crippen LogP contribution in [0.5, 0.6) is 0 Å². The van der Waals surface area contributed by atoms with Gasteiger partial charge in [-0.1, -0.05) is 0 Å². The van der Waals surface area contributed by atoms with E-state index in [4.69, 9.17) is 4.74 Å². The zero-order valence-corrected chi connectivity index (χ0v) is 9.26. The number of aromatic nitrogens is 2. The smallest absolute Gasteiger partial charge is 0.418 e. The van der Waals surface area contributed by atoms with Gasteiger partial charge < -0.3 is 9.47 Å². The van der Waals surface area contributed by atoms with Crippen molar-refractivity contribution < 1.29 is 19.1 Å². The highest BCUT2D eigenvalue weighted by atomic mass is 16.6. The highest BCUT2D eigenvalue weighted by molar-refractivity contribution is 6.29. The summed E-state index contributed by atoms with van der Waals surface area (Å²) in [5, 5.41) is 0. The van der Waals surface area contributed by atoms with Gasteiger partial charge in [-0.15, -0.1) is 0 Å². The van der Waals surface area contributed by atoms with E-state index in [0.29, 0.717) is 5.69 Å². The zero-order valence-electron chi connectivity index (χ0n) is 9.26. The second-order valence-electron chi connectivity index (χ2n) is 3.48. The fourth-order valence-corrected chi connectivity index (χ4v) is 1.02. The van der Waals surface area contributed by atoms with Crippen molar-refractivity contribution in [2.24, 2.45) is 0 Å². The van der Waals surface area contributed by atoms with Crippen LogP contribution in [0.1, 0.15) is 19.5 Å². The Labute approximate surface area is 92.6 Å². The number of hydrogen-bond donors (Lipinski definition) is 0.